The van der Waals surface area contributed by atoms with Crippen molar-refractivity contribution in [3.63, 3.8) is 0 Å². The van der Waals surface area contributed by atoms with Crippen LogP contribution in [0.3, 0.4) is 0 Å². The standard InChI is InChI=1S/C13H21N3OS/c1-2-13(5-3-4-6-13)9-15-12(17)10-8-18-11(7-14)16-10/h8H,2-7,9,14H2,1H3,(H,15,17). The van der Waals surface area contributed by atoms with E-state index in [2.05, 4.69) is 17.2 Å². The van der Waals surface area contributed by atoms with Gasteiger partial charge in [-0.3, -0.25) is 4.79 Å². The van der Waals surface area contributed by atoms with Gasteiger partial charge in [-0.25, -0.2) is 4.98 Å². The van der Waals surface area contributed by atoms with Crippen LogP contribution in [-0.4, -0.2) is 17.4 Å². The topological polar surface area (TPSA) is 68.0 Å². The summed E-state index contributed by atoms with van der Waals surface area (Å²) in [5.41, 5.74) is 6.32. The number of nitrogens with zero attached hydrogens (tertiary/aromatic N) is 1. The number of hydrogen-bond donors (Lipinski definition) is 2. The Balaban J connectivity index is 1.91. The molecule has 1 saturated carbocycles. The highest BCUT2D eigenvalue weighted by Gasteiger charge is 2.32. The van der Waals surface area contributed by atoms with Crippen molar-refractivity contribution in [1.29, 1.82) is 0 Å². The maximum atomic E-state index is 12.0. The van der Waals surface area contributed by atoms with Crippen molar-refractivity contribution in [3.05, 3.63) is 16.1 Å². The van der Waals surface area contributed by atoms with Crippen LogP contribution in [0.25, 0.3) is 0 Å². The second-order valence-electron chi connectivity index (χ2n) is 5.07. The lowest BCUT2D eigenvalue weighted by Crippen LogP contribution is -2.35. The van der Waals surface area contributed by atoms with Gasteiger partial charge in [0.25, 0.3) is 5.91 Å². The summed E-state index contributed by atoms with van der Waals surface area (Å²) in [4.78, 5) is 16.2. The van der Waals surface area contributed by atoms with Crippen molar-refractivity contribution < 1.29 is 4.79 Å². The molecule has 1 fully saturated rings. The molecule has 5 heteroatoms. The lowest BCUT2D eigenvalue weighted by atomic mass is 9.83. The third-order valence-electron chi connectivity index (χ3n) is 4.00. The Morgan fingerprint density at radius 2 is 2.28 bits per heavy atom. The predicted molar refractivity (Wildman–Crippen MR) is 73.5 cm³/mol. The molecule has 0 atom stereocenters. The smallest absolute Gasteiger partial charge is 0.270 e. The van der Waals surface area contributed by atoms with Crippen molar-refractivity contribution in [2.24, 2.45) is 11.1 Å². The molecule has 1 aromatic rings. The quantitative estimate of drug-likeness (QED) is 0.860. The fourth-order valence-corrected chi connectivity index (χ4v) is 3.30. The molecule has 4 nitrogen and oxygen atoms in total. The molecule has 1 heterocycles. The Labute approximate surface area is 112 Å². The van der Waals surface area contributed by atoms with Gasteiger partial charge < -0.3 is 11.1 Å². The second kappa shape index (κ2) is 5.80. The van der Waals surface area contributed by atoms with Gasteiger partial charge in [0.15, 0.2) is 0 Å². The third-order valence-corrected chi connectivity index (χ3v) is 4.87. The highest BCUT2D eigenvalue weighted by Crippen LogP contribution is 2.40. The Bertz CT molecular complexity index is 410. The fraction of sp³-hybridized carbons (Fsp3) is 0.692. The molecule has 1 aliphatic carbocycles. The van der Waals surface area contributed by atoms with E-state index < -0.39 is 0 Å². The van der Waals surface area contributed by atoms with Crippen LogP contribution in [0.4, 0.5) is 0 Å². The van der Waals surface area contributed by atoms with Crippen LogP contribution >= 0.6 is 11.3 Å². The fourth-order valence-electron chi connectivity index (χ4n) is 2.65. The first-order chi connectivity index (χ1) is 8.69. The molecule has 0 aromatic carbocycles. The molecule has 1 amide bonds. The van der Waals surface area contributed by atoms with Gasteiger partial charge in [0.05, 0.1) is 0 Å². The molecule has 1 aromatic heterocycles. The molecule has 3 N–H and O–H groups in total. The number of nitrogens with one attached hydrogen (secondary N) is 1. The minimum absolute atomic E-state index is 0.0642. The number of aromatic nitrogens is 1. The van der Waals surface area contributed by atoms with Crippen LogP contribution in [0, 0.1) is 5.41 Å². The monoisotopic (exact) mass is 267 g/mol. The number of amides is 1. The predicted octanol–water partition coefficient (Wildman–Crippen LogP) is 2.30. The summed E-state index contributed by atoms with van der Waals surface area (Å²) in [6.07, 6.45) is 6.18. The van der Waals surface area contributed by atoms with E-state index in [-0.39, 0.29) is 5.91 Å². The highest BCUT2D eigenvalue weighted by atomic mass is 32.1. The van der Waals surface area contributed by atoms with Crippen LogP contribution in [-0.2, 0) is 6.54 Å². The van der Waals surface area contributed by atoms with Gasteiger partial charge in [-0.1, -0.05) is 19.8 Å². The Kier molecular flexibility index (Phi) is 4.35. The van der Waals surface area contributed by atoms with Gasteiger partial charge in [-0.15, -0.1) is 11.3 Å². The molecule has 2 rings (SSSR count). The summed E-state index contributed by atoms with van der Waals surface area (Å²) < 4.78 is 0. The molecule has 0 radical (unpaired) electrons. The van der Waals surface area contributed by atoms with Crippen LogP contribution < -0.4 is 11.1 Å². The molecule has 0 unspecified atom stereocenters. The number of hydrogen-bond acceptors (Lipinski definition) is 4. The van der Waals surface area contributed by atoms with E-state index in [9.17, 15) is 4.79 Å². The van der Waals surface area contributed by atoms with Crippen molar-refractivity contribution in [3.8, 4) is 0 Å². The molecular formula is C13H21N3OS. The van der Waals surface area contributed by atoms with Gasteiger partial charge in [0.2, 0.25) is 0 Å². The molecule has 0 aliphatic heterocycles. The van der Waals surface area contributed by atoms with E-state index in [0.717, 1.165) is 18.0 Å². The highest BCUT2D eigenvalue weighted by molar-refractivity contribution is 7.09. The van der Waals surface area contributed by atoms with Crippen molar-refractivity contribution >= 4 is 17.2 Å². The van der Waals surface area contributed by atoms with Crippen LogP contribution in [0.15, 0.2) is 5.38 Å². The molecule has 100 valence electrons. The zero-order chi connectivity index (χ0) is 13.0. The molecule has 18 heavy (non-hydrogen) atoms. The number of carbonyl (C=O) groups is 1. The van der Waals surface area contributed by atoms with Crippen molar-refractivity contribution in [1.82, 2.24) is 10.3 Å². The largest absolute Gasteiger partial charge is 0.350 e. The third kappa shape index (κ3) is 2.90. The first-order valence-electron chi connectivity index (χ1n) is 6.62. The van der Waals surface area contributed by atoms with E-state index in [1.165, 1.54) is 37.0 Å². The molecule has 0 bridgehead atoms. The van der Waals surface area contributed by atoms with E-state index in [0.29, 0.717) is 17.7 Å². The van der Waals surface area contributed by atoms with Crippen LogP contribution in [0.5, 0.6) is 0 Å². The van der Waals surface area contributed by atoms with Gasteiger partial charge >= 0.3 is 0 Å². The molecule has 0 spiro atoms. The number of nitrogens with two attached hydrogens (primary N) is 1. The van der Waals surface area contributed by atoms with E-state index in [4.69, 9.17) is 5.73 Å². The molecule has 0 saturated heterocycles. The Morgan fingerprint density at radius 3 is 2.83 bits per heavy atom. The first-order valence-corrected chi connectivity index (χ1v) is 7.50. The van der Waals surface area contributed by atoms with Crippen molar-refractivity contribution in [2.45, 2.75) is 45.6 Å². The maximum Gasteiger partial charge on any atom is 0.270 e. The zero-order valence-corrected chi connectivity index (χ0v) is 11.7. The average molecular weight is 267 g/mol. The number of thiazole rings is 1. The molecular weight excluding hydrogens is 246 g/mol. The Morgan fingerprint density at radius 1 is 1.56 bits per heavy atom. The zero-order valence-electron chi connectivity index (χ0n) is 10.9. The lowest BCUT2D eigenvalue weighted by molar-refractivity contribution is 0.0924. The van der Waals surface area contributed by atoms with Gasteiger partial charge in [-0.2, -0.15) is 0 Å². The normalized spacial score (nSPS) is 17.9. The van der Waals surface area contributed by atoms with E-state index in [1.807, 2.05) is 0 Å². The van der Waals surface area contributed by atoms with Gasteiger partial charge in [0, 0.05) is 18.5 Å². The summed E-state index contributed by atoms with van der Waals surface area (Å²) in [6.45, 7) is 3.39. The van der Waals surface area contributed by atoms with Gasteiger partial charge in [-0.05, 0) is 24.7 Å². The summed E-state index contributed by atoms with van der Waals surface area (Å²) >= 11 is 1.44. The first kappa shape index (κ1) is 13.5. The molecule has 1 aliphatic rings. The maximum absolute atomic E-state index is 12.0. The summed E-state index contributed by atoms with van der Waals surface area (Å²) in [7, 11) is 0. The van der Waals surface area contributed by atoms with Crippen LogP contribution in [0.1, 0.15) is 54.5 Å². The summed E-state index contributed by atoms with van der Waals surface area (Å²) in [5, 5.41) is 5.63. The van der Waals surface area contributed by atoms with E-state index in [1.54, 1.807) is 5.38 Å². The number of carbonyl (C=O) groups excluding carboxylic acids is 1. The minimum atomic E-state index is -0.0642. The SMILES string of the molecule is CCC1(CNC(=O)c2csc(CN)n2)CCCC1. The summed E-state index contributed by atoms with van der Waals surface area (Å²) in [6, 6.07) is 0. The van der Waals surface area contributed by atoms with Crippen molar-refractivity contribution in [2.75, 3.05) is 6.54 Å². The Hall–Kier alpha value is -0.940. The van der Waals surface area contributed by atoms with E-state index >= 15 is 0 Å². The average Bonchev–Trinajstić information content (AvgIpc) is 3.05. The second-order valence-corrected chi connectivity index (χ2v) is 6.02. The lowest BCUT2D eigenvalue weighted by Gasteiger charge is -2.27. The van der Waals surface area contributed by atoms with Crippen LogP contribution in [0.2, 0.25) is 0 Å². The summed E-state index contributed by atoms with van der Waals surface area (Å²) in [5.74, 6) is -0.0642. The number of rotatable bonds is 5. The minimum Gasteiger partial charge on any atom is -0.350 e. The van der Waals surface area contributed by atoms with Gasteiger partial charge in [0.1, 0.15) is 10.7 Å².